The van der Waals surface area contributed by atoms with Gasteiger partial charge in [0, 0.05) is 11.6 Å². The summed E-state index contributed by atoms with van der Waals surface area (Å²) < 4.78 is 1.68. The van der Waals surface area contributed by atoms with E-state index in [9.17, 15) is 9.59 Å². The molecule has 2 aromatic heterocycles. The molecule has 0 saturated heterocycles. The summed E-state index contributed by atoms with van der Waals surface area (Å²) in [5, 5.41) is 6.66. The lowest BCUT2D eigenvalue weighted by molar-refractivity contribution is -0.117. The second kappa shape index (κ2) is 8.66. The van der Waals surface area contributed by atoms with Gasteiger partial charge in [0.05, 0.1) is 17.1 Å². The van der Waals surface area contributed by atoms with Crippen LogP contribution in [0.1, 0.15) is 26.5 Å². The van der Waals surface area contributed by atoms with Crippen LogP contribution >= 0.6 is 22.9 Å². The summed E-state index contributed by atoms with van der Waals surface area (Å²) in [6, 6.07) is 13.3. The van der Waals surface area contributed by atoms with Crippen molar-refractivity contribution in [3.05, 3.63) is 80.8 Å². The van der Waals surface area contributed by atoms with E-state index in [-0.39, 0.29) is 5.91 Å². The Labute approximate surface area is 165 Å². The number of benzene rings is 1. The predicted molar refractivity (Wildman–Crippen MR) is 106 cm³/mol. The van der Waals surface area contributed by atoms with Crippen LogP contribution in [-0.2, 0) is 11.3 Å². The first-order valence-electron chi connectivity index (χ1n) is 8.13. The van der Waals surface area contributed by atoms with Gasteiger partial charge in [-0.05, 0) is 30.0 Å². The van der Waals surface area contributed by atoms with Crippen LogP contribution in [0.2, 0.25) is 5.15 Å². The van der Waals surface area contributed by atoms with E-state index in [1.54, 1.807) is 28.3 Å². The highest BCUT2D eigenvalue weighted by Crippen LogP contribution is 2.22. The molecule has 0 spiro atoms. The Hall–Kier alpha value is -2.90. The smallest absolute Gasteiger partial charge is 0.268 e. The molecular formula is C19H17ClN4O2S. The lowest BCUT2D eigenvalue weighted by Gasteiger charge is -2.03. The Morgan fingerprint density at radius 3 is 2.67 bits per heavy atom. The van der Waals surface area contributed by atoms with Crippen molar-refractivity contribution in [1.29, 1.82) is 0 Å². The monoisotopic (exact) mass is 400 g/mol. The molecule has 3 rings (SSSR count). The number of nitrogens with zero attached hydrogens (tertiary/aromatic N) is 2. The molecule has 0 bridgehead atoms. The van der Waals surface area contributed by atoms with Gasteiger partial charge >= 0.3 is 0 Å². The zero-order chi connectivity index (χ0) is 19.2. The molecule has 0 aliphatic heterocycles. The lowest BCUT2D eigenvalue weighted by atomic mass is 10.2. The Morgan fingerprint density at radius 1 is 1.19 bits per heavy atom. The summed E-state index contributed by atoms with van der Waals surface area (Å²) in [6.07, 6.45) is 2.89. The molecule has 0 aliphatic carbocycles. The van der Waals surface area contributed by atoms with Crippen molar-refractivity contribution in [2.24, 2.45) is 0 Å². The number of carbonyl (C=O) groups excluding carboxylic acids is 2. The maximum atomic E-state index is 11.9. The normalized spacial score (nSPS) is 10.9. The molecule has 0 radical (unpaired) electrons. The number of rotatable bonds is 5. The van der Waals surface area contributed by atoms with Gasteiger partial charge in [0.15, 0.2) is 0 Å². The number of aryl methyl sites for hydroxylation is 1. The molecular weight excluding hydrogens is 384 g/mol. The summed E-state index contributed by atoms with van der Waals surface area (Å²) in [6.45, 7) is 2.36. The molecule has 2 amide bonds. The van der Waals surface area contributed by atoms with Crippen molar-refractivity contribution in [2.75, 3.05) is 0 Å². The zero-order valence-corrected chi connectivity index (χ0v) is 16.1. The van der Waals surface area contributed by atoms with Crippen LogP contribution in [0.5, 0.6) is 0 Å². The SMILES string of the molecule is Cc1nn(Cc2ccccc2)c(Cl)c1/C=C/C(=O)NNC(=O)c1cccs1. The minimum absolute atomic E-state index is 0.364. The van der Waals surface area contributed by atoms with Crippen LogP contribution in [-0.4, -0.2) is 21.6 Å². The Kier molecular flexibility index (Phi) is 6.05. The largest absolute Gasteiger partial charge is 0.279 e. The molecule has 0 aliphatic rings. The number of amides is 2. The fraction of sp³-hybridized carbons (Fsp3) is 0.105. The van der Waals surface area contributed by atoms with Gasteiger partial charge in [0.25, 0.3) is 11.8 Å². The highest BCUT2D eigenvalue weighted by atomic mass is 35.5. The minimum atomic E-state index is -0.466. The van der Waals surface area contributed by atoms with Gasteiger partial charge < -0.3 is 0 Å². The van der Waals surface area contributed by atoms with Crippen molar-refractivity contribution in [3.63, 3.8) is 0 Å². The average molecular weight is 401 g/mol. The summed E-state index contributed by atoms with van der Waals surface area (Å²) in [5.74, 6) is -0.831. The zero-order valence-electron chi connectivity index (χ0n) is 14.5. The molecule has 1 aromatic carbocycles. The highest BCUT2D eigenvalue weighted by Gasteiger charge is 2.12. The summed E-state index contributed by atoms with van der Waals surface area (Å²) in [4.78, 5) is 24.2. The molecule has 0 unspecified atom stereocenters. The molecule has 27 heavy (non-hydrogen) atoms. The number of aromatic nitrogens is 2. The van der Waals surface area contributed by atoms with E-state index in [1.807, 2.05) is 37.3 Å². The van der Waals surface area contributed by atoms with E-state index >= 15 is 0 Å². The predicted octanol–water partition coefficient (Wildman–Crippen LogP) is 3.43. The molecule has 8 heteroatoms. The lowest BCUT2D eigenvalue weighted by Crippen LogP contribution is -2.40. The third-order valence-electron chi connectivity index (χ3n) is 3.73. The molecule has 138 valence electrons. The van der Waals surface area contributed by atoms with Gasteiger partial charge in [-0.1, -0.05) is 48.0 Å². The molecule has 0 fully saturated rings. The van der Waals surface area contributed by atoms with Crippen LogP contribution in [0.15, 0.2) is 53.9 Å². The average Bonchev–Trinajstić information content (AvgIpc) is 3.29. The van der Waals surface area contributed by atoms with Crippen molar-refractivity contribution in [1.82, 2.24) is 20.6 Å². The van der Waals surface area contributed by atoms with Gasteiger partial charge in [-0.15, -0.1) is 11.3 Å². The summed E-state index contributed by atoms with van der Waals surface area (Å²) in [5.41, 5.74) is 7.14. The first-order valence-corrected chi connectivity index (χ1v) is 9.39. The fourth-order valence-corrected chi connectivity index (χ4v) is 3.32. The van der Waals surface area contributed by atoms with Gasteiger partial charge in [0.2, 0.25) is 0 Å². The highest BCUT2D eigenvalue weighted by molar-refractivity contribution is 7.12. The maximum absolute atomic E-state index is 11.9. The second-order valence-electron chi connectivity index (χ2n) is 5.69. The Morgan fingerprint density at radius 2 is 1.96 bits per heavy atom. The van der Waals surface area contributed by atoms with Crippen LogP contribution in [0, 0.1) is 6.92 Å². The first kappa shape index (κ1) is 18.9. The summed E-state index contributed by atoms with van der Waals surface area (Å²) >= 11 is 7.70. The number of nitrogens with one attached hydrogen (secondary N) is 2. The third kappa shape index (κ3) is 4.84. The fourth-order valence-electron chi connectivity index (χ4n) is 2.41. The molecule has 6 nitrogen and oxygen atoms in total. The standard InChI is InChI=1S/C19H17ClN4O2S/c1-13-15(18(20)24(23-13)12-14-6-3-2-4-7-14)9-10-17(25)21-22-19(26)16-8-5-11-27-16/h2-11H,12H2,1H3,(H,21,25)(H,22,26)/b10-9+. The van der Waals surface area contributed by atoms with Crippen LogP contribution < -0.4 is 10.9 Å². The van der Waals surface area contributed by atoms with E-state index in [4.69, 9.17) is 11.6 Å². The van der Waals surface area contributed by atoms with Crippen molar-refractivity contribution in [2.45, 2.75) is 13.5 Å². The molecule has 3 aromatic rings. The van der Waals surface area contributed by atoms with Gasteiger partial charge in [-0.25, -0.2) is 4.68 Å². The van der Waals surface area contributed by atoms with Gasteiger partial charge in [-0.2, -0.15) is 5.10 Å². The number of carbonyl (C=O) groups is 2. The van der Waals surface area contributed by atoms with Crippen molar-refractivity contribution in [3.8, 4) is 0 Å². The van der Waals surface area contributed by atoms with Gasteiger partial charge in [0.1, 0.15) is 5.15 Å². The maximum Gasteiger partial charge on any atom is 0.279 e. The van der Waals surface area contributed by atoms with E-state index in [2.05, 4.69) is 16.0 Å². The van der Waals surface area contributed by atoms with E-state index < -0.39 is 5.91 Å². The Balaban J connectivity index is 1.62. The quantitative estimate of drug-likeness (QED) is 0.509. The third-order valence-corrected chi connectivity index (χ3v) is 5.00. The number of thiophene rings is 1. The number of hydrogen-bond donors (Lipinski definition) is 2. The minimum Gasteiger partial charge on any atom is -0.268 e. The van der Waals surface area contributed by atoms with E-state index in [0.29, 0.717) is 27.8 Å². The number of hydrazine groups is 1. The van der Waals surface area contributed by atoms with Crippen LogP contribution in [0.3, 0.4) is 0 Å². The molecule has 0 atom stereocenters. The topological polar surface area (TPSA) is 76.0 Å². The second-order valence-corrected chi connectivity index (χ2v) is 6.99. The van der Waals surface area contributed by atoms with Crippen molar-refractivity contribution < 1.29 is 9.59 Å². The van der Waals surface area contributed by atoms with E-state index in [0.717, 1.165) is 5.56 Å². The molecule has 0 saturated carbocycles. The van der Waals surface area contributed by atoms with Gasteiger partial charge in [-0.3, -0.25) is 20.4 Å². The molecule has 2 heterocycles. The number of halogens is 1. The van der Waals surface area contributed by atoms with Crippen LogP contribution in [0.4, 0.5) is 0 Å². The first-order chi connectivity index (χ1) is 13.0. The number of hydrogen-bond acceptors (Lipinski definition) is 4. The Bertz CT molecular complexity index is 965. The summed E-state index contributed by atoms with van der Waals surface area (Å²) in [7, 11) is 0. The van der Waals surface area contributed by atoms with E-state index in [1.165, 1.54) is 17.4 Å². The van der Waals surface area contributed by atoms with Crippen LogP contribution in [0.25, 0.3) is 6.08 Å². The van der Waals surface area contributed by atoms with Crippen molar-refractivity contribution >= 4 is 40.8 Å². The molecule has 2 N–H and O–H groups in total.